The lowest BCUT2D eigenvalue weighted by atomic mass is 10.1. The number of piperidine rings is 1. The van der Waals surface area contributed by atoms with Crippen LogP contribution in [0.15, 0.2) is 42.5 Å². The van der Waals surface area contributed by atoms with Crippen LogP contribution in [0.1, 0.15) is 52.9 Å². The van der Waals surface area contributed by atoms with Crippen LogP contribution in [0, 0.1) is 11.8 Å². The lowest BCUT2D eigenvalue weighted by Crippen LogP contribution is -2.40. The predicted molar refractivity (Wildman–Crippen MR) is 123 cm³/mol. The van der Waals surface area contributed by atoms with Gasteiger partial charge in [0.05, 0.1) is 0 Å². The molecule has 8 heteroatoms. The van der Waals surface area contributed by atoms with Gasteiger partial charge in [0.15, 0.2) is 0 Å². The van der Waals surface area contributed by atoms with Crippen molar-refractivity contribution < 1.29 is 19.1 Å². The van der Waals surface area contributed by atoms with E-state index in [9.17, 15) is 14.4 Å². The highest BCUT2D eigenvalue weighted by Gasteiger charge is 2.58. The summed E-state index contributed by atoms with van der Waals surface area (Å²) < 4.78 is 5.44. The molecule has 3 atom stereocenters. The molecule has 8 nitrogen and oxygen atoms in total. The van der Waals surface area contributed by atoms with Gasteiger partial charge in [-0.05, 0) is 38.5 Å². The number of ether oxygens (including phenoxy) is 1. The van der Waals surface area contributed by atoms with Crippen LogP contribution in [0.25, 0.3) is 0 Å². The number of hydrogen-bond acceptors (Lipinski definition) is 5. The Balaban J connectivity index is 1.42. The maximum Gasteiger partial charge on any atom is 0.410 e. The molecule has 1 saturated heterocycles. The highest BCUT2D eigenvalue weighted by molar-refractivity contribution is 5.99. The molecule has 2 N–H and O–H groups in total. The van der Waals surface area contributed by atoms with Crippen LogP contribution in [-0.4, -0.2) is 59.6 Å². The Bertz CT molecular complexity index is 1050. The van der Waals surface area contributed by atoms with Crippen molar-refractivity contribution >= 4 is 17.9 Å². The van der Waals surface area contributed by atoms with Crippen molar-refractivity contribution in [2.24, 2.45) is 11.8 Å². The highest BCUT2D eigenvalue weighted by Crippen LogP contribution is 2.45. The molecule has 174 valence electrons. The van der Waals surface area contributed by atoms with E-state index < -0.39 is 5.60 Å². The molecular formula is C25H30N4O4. The minimum absolute atomic E-state index is 0.0189. The molecule has 1 saturated carbocycles. The van der Waals surface area contributed by atoms with Crippen molar-refractivity contribution in [3.05, 3.63) is 65.0 Å². The van der Waals surface area contributed by atoms with E-state index >= 15 is 0 Å². The molecule has 2 heterocycles. The monoisotopic (exact) mass is 450 g/mol. The van der Waals surface area contributed by atoms with Gasteiger partial charge < -0.3 is 20.3 Å². The maximum absolute atomic E-state index is 13.0. The number of pyridine rings is 1. The van der Waals surface area contributed by atoms with Crippen molar-refractivity contribution in [3.8, 4) is 0 Å². The minimum atomic E-state index is -0.529. The largest absolute Gasteiger partial charge is 0.444 e. The minimum Gasteiger partial charge on any atom is -0.444 e. The molecule has 4 rings (SSSR count). The first-order valence-corrected chi connectivity index (χ1v) is 11.2. The molecule has 3 amide bonds. The molecule has 2 aliphatic rings. The summed E-state index contributed by atoms with van der Waals surface area (Å²) in [6, 6.07) is 13.1. The number of rotatable bonds is 5. The van der Waals surface area contributed by atoms with Crippen LogP contribution >= 0.6 is 0 Å². The standard InChI is InChI=1S/C25H30N4O4/c1-25(2,3)33-24(32)29-13-18-19(14-29)21(18)28-22(30)16-11-17(10-15-8-6-5-7-9-15)27-20(12-16)23(31)26-4/h5-9,11-12,18-19,21H,10,13-14H2,1-4H3,(H,26,31)(H,28,30)/t18-,19+,21?. The second-order valence-corrected chi connectivity index (χ2v) is 9.69. The molecular weight excluding hydrogens is 420 g/mol. The molecule has 33 heavy (non-hydrogen) atoms. The number of carbonyl (C=O) groups excluding carboxylic acids is 3. The first kappa shape index (κ1) is 22.8. The van der Waals surface area contributed by atoms with Gasteiger partial charge in [-0.15, -0.1) is 0 Å². The average molecular weight is 451 g/mol. The van der Waals surface area contributed by atoms with Gasteiger partial charge in [-0.3, -0.25) is 9.59 Å². The molecule has 1 aliphatic carbocycles. The van der Waals surface area contributed by atoms with Gasteiger partial charge in [-0.1, -0.05) is 30.3 Å². The average Bonchev–Trinajstić information content (AvgIpc) is 3.19. The fraction of sp³-hybridized carbons (Fsp3) is 0.440. The third kappa shape index (κ3) is 5.32. The molecule has 0 radical (unpaired) electrons. The number of aromatic nitrogens is 1. The Kier molecular flexibility index (Phi) is 6.10. The van der Waals surface area contributed by atoms with Gasteiger partial charge in [0.2, 0.25) is 0 Å². The predicted octanol–water partition coefficient (Wildman–Crippen LogP) is 2.63. The second-order valence-electron chi connectivity index (χ2n) is 9.69. The second kappa shape index (κ2) is 8.84. The third-order valence-corrected chi connectivity index (χ3v) is 5.97. The van der Waals surface area contributed by atoms with Crippen LogP contribution in [0.2, 0.25) is 0 Å². The van der Waals surface area contributed by atoms with Crippen molar-refractivity contribution in [1.82, 2.24) is 20.5 Å². The number of benzene rings is 1. The highest BCUT2D eigenvalue weighted by atomic mass is 16.6. The summed E-state index contributed by atoms with van der Waals surface area (Å²) >= 11 is 0. The Hall–Kier alpha value is -3.42. The molecule has 0 spiro atoms. The number of carbonyl (C=O) groups is 3. The van der Waals surface area contributed by atoms with E-state index in [0.29, 0.717) is 30.8 Å². The van der Waals surface area contributed by atoms with Crippen molar-refractivity contribution in [1.29, 1.82) is 0 Å². The third-order valence-electron chi connectivity index (χ3n) is 5.97. The van der Waals surface area contributed by atoms with Crippen LogP contribution in [0.5, 0.6) is 0 Å². The van der Waals surface area contributed by atoms with E-state index in [4.69, 9.17) is 4.74 Å². The zero-order valence-corrected chi connectivity index (χ0v) is 19.4. The van der Waals surface area contributed by atoms with Crippen LogP contribution in [0.3, 0.4) is 0 Å². The van der Waals surface area contributed by atoms with Gasteiger partial charge in [-0.2, -0.15) is 0 Å². The Morgan fingerprint density at radius 2 is 1.73 bits per heavy atom. The molecule has 2 fully saturated rings. The SMILES string of the molecule is CNC(=O)c1cc(C(=O)NC2[C@H]3CN(C(=O)OC(C)(C)C)C[C@@H]23)cc(Cc2ccccc2)n1. The van der Waals surface area contributed by atoms with E-state index in [1.54, 1.807) is 11.0 Å². The van der Waals surface area contributed by atoms with Gasteiger partial charge in [0, 0.05) is 55.7 Å². The maximum atomic E-state index is 13.0. The lowest BCUT2D eigenvalue weighted by Gasteiger charge is -2.26. The van der Waals surface area contributed by atoms with Crippen LogP contribution < -0.4 is 10.6 Å². The van der Waals surface area contributed by atoms with Crippen molar-refractivity contribution in [3.63, 3.8) is 0 Å². The Morgan fingerprint density at radius 3 is 2.33 bits per heavy atom. The van der Waals surface area contributed by atoms with E-state index in [-0.39, 0.29) is 41.5 Å². The molecule has 1 aromatic heterocycles. The van der Waals surface area contributed by atoms with Crippen LogP contribution in [-0.2, 0) is 11.2 Å². The van der Waals surface area contributed by atoms with Crippen molar-refractivity contribution in [2.75, 3.05) is 20.1 Å². The van der Waals surface area contributed by atoms with Crippen LogP contribution in [0.4, 0.5) is 4.79 Å². The Labute approximate surface area is 193 Å². The molecule has 2 aromatic rings. The van der Waals surface area contributed by atoms with E-state index in [2.05, 4.69) is 15.6 Å². The zero-order valence-electron chi connectivity index (χ0n) is 19.4. The summed E-state index contributed by atoms with van der Waals surface area (Å²) in [5, 5.41) is 5.65. The van der Waals surface area contributed by atoms with E-state index in [1.165, 1.54) is 13.1 Å². The first-order valence-electron chi connectivity index (χ1n) is 11.2. The summed E-state index contributed by atoms with van der Waals surface area (Å²) in [6.07, 6.45) is 0.209. The molecule has 1 aromatic carbocycles. The van der Waals surface area contributed by atoms with E-state index in [1.807, 2.05) is 51.1 Å². The first-order chi connectivity index (χ1) is 15.6. The summed E-state index contributed by atoms with van der Waals surface area (Å²) in [6.45, 7) is 6.68. The summed E-state index contributed by atoms with van der Waals surface area (Å²) in [7, 11) is 1.54. The smallest absolute Gasteiger partial charge is 0.410 e. The zero-order chi connectivity index (χ0) is 23.8. The van der Waals surface area contributed by atoms with Gasteiger partial charge in [0.25, 0.3) is 11.8 Å². The summed E-state index contributed by atoms with van der Waals surface area (Å²) in [5.74, 6) is -0.119. The van der Waals surface area contributed by atoms with E-state index in [0.717, 1.165) is 5.56 Å². The van der Waals surface area contributed by atoms with Gasteiger partial charge in [0.1, 0.15) is 11.3 Å². The number of nitrogens with one attached hydrogen (secondary N) is 2. The Morgan fingerprint density at radius 1 is 1.06 bits per heavy atom. The summed E-state index contributed by atoms with van der Waals surface area (Å²) in [5.41, 5.74) is 1.79. The number of fused-ring (bicyclic) bond motifs is 1. The molecule has 1 unspecified atom stereocenters. The lowest BCUT2D eigenvalue weighted by molar-refractivity contribution is 0.0269. The number of likely N-dealkylation sites (tertiary alicyclic amines) is 1. The fourth-order valence-electron chi connectivity index (χ4n) is 4.31. The molecule has 0 bridgehead atoms. The fourth-order valence-corrected chi connectivity index (χ4v) is 4.31. The number of amides is 3. The summed E-state index contributed by atoms with van der Waals surface area (Å²) in [4.78, 5) is 43.7. The number of nitrogens with zero attached hydrogens (tertiary/aromatic N) is 2. The van der Waals surface area contributed by atoms with Gasteiger partial charge >= 0.3 is 6.09 Å². The molecule has 1 aliphatic heterocycles. The topological polar surface area (TPSA) is 101 Å². The van der Waals surface area contributed by atoms with Crippen molar-refractivity contribution in [2.45, 2.75) is 38.8 Å². The quantitative estimate of drug-likeness (QED) is 0.729. The normalized spacial score (nSPS) is 21.2. The number of hydrogen-bond donors (Lipinski definition) is 2. The van der Waals surface area contributed by atoms with Gasteiger partial charge in [-0.25, -0.2) is 9.78 Å².